The smallest absolute Gasteiger partial charge is 0.143 e. The molecule has 86 valence electrons. The van der Waals surface area contributed by atoms with Crippen LogP contribution in [-0.4, -0.2) is 18.4 Å². The molecule has 0 aromatic carbocycles. The first-order valence-corrected chi connectivity index (χ1v) is 6.39. The van der Waals surface area contributed by atoms with Crippen LogP contribution >= 0.6 is 0 Å². The third kappa shape index (κ3) is 2.25. The molecule has 15 heavy (non-hydrogen) atoms. The fraction of sp³-hybridized carbons (Fsp3) is 0.923. The first kappa shape index (κ1) is 11.1. The molecular weight excluding hydrogens is 186 g/mol. The van der Waals surface area contributed by atoms with Crippen molar-refractivity contribution < 1.29 is 4.79 Å². The van der Waals surface area contributed by atoms with E-state index < -0.39 is 0 Å². The van der Waals surface area contributed by atoms with Gasteiger partial charge in [-0.25, -0.2) is 0 Å². The van der Waals surface area contributed by atoms with E-state index in [-0.39, 0.29) is 5.41 Å². The Morgan fingerprint density at radius 2 is 2.00 bits per heavy atom. The van der Waals surface area contributed by atoms with Crippen LogP contribution < -0.4 is 5.32 Å². The number of nitrogens with one attached hydrogen (secondary N) is 1. The number of Topliss-reactive ketones (excluding diaryl/α,β-unsaturated/α-hetero) is 1. The van der Waals surface area contributed by atoms with E-state index in [1.165, 1.54) is 25.7 Å². The van der Waals surface area contributed by atoms with Crippen LogP contribution in [0, 0.1) is 11.3 Å². The van der Waals surface area contributed by atoms with E-state index in [0.29, 0.717) is 17.7 Å². The van der Waals surface area contributed by atoms with Gasteiger partial charge in [-0.2, -0.15) is 0 Å². The summed E-state index contributed by atoms with van der Waals surface area (Å²) in [6.45, 7) is 5.36. The summed E-state index contributed by atoms with van der Waals surface area (Å²) >= 11 is 0. The average Bonchev–Trinajstić information content (AvgIpc) is 2.66. The minimum Gasteiger partial charge on any atom is -0.313 e. The lowest BCUT2D eigenvalue weighted by atomic mass is 9.77. The summed E-state index contributed by atoms with van der Waals surface area (Å²) in [6.07, 6.45) is 7.09. The molecule has 2 fully saturated rings. The average molecular weight is 209 g/mol. The molecule has 2 nitrogen and oxygen atoms in total. The van der Waals surface area contributed by atoms with Crippen LogP contribution in [0.25, 0.3) is 0 Å². The van der Waals surface area contributed by atoms with Crippen molar-refractivity contribution in [2.24, 2.45) is 11.3 Å². The van der Waals surface area contributed by atoms with E-state index in [4.69, 9.17) is 0 Å². The van der Waals surface area contributed by atoms with Crippen LogP contribution in [0.15, 0.2) is 0 Å². The van der Waals surface area contributed by atoms with Gasteiger partial charge < -0.3 is 5.32 Å². The van der Waals surface area contributed by atoms with E-state index >= 15 is 0 Å². The van der Waals surface area contributed by atoms with Crippen molar-refractivity contribution in [3.63, 3.8) is 0 Å². The second-order valence-electron chi connectivity index (χ2n) is 5.80. The van der Waals surface area contributed by atoms with Gasteiger partial charge in [0.2, 0.25) is 0 Å². The summed E-state index contributed by atoms with van der Waals surface area (Å²) in [4.78, 5) is 12.4. The number of carbonyl (C=O) groups is 1. The Hall–Kier alpha value is -0.370. The highest BCUT2D eigenvalue weighted by atomic mass is 16.1. The van der Waals surface area contributed by atoms with E-state index in [1.807, 2.05) is 0 Å². The second-order valence-corrected chi connectivity index (χ2v) is 5.80. The third-order valence-corrected chi connectivity index (χ3v) is 4.15. The molecule has 2 atom stereocenters. The molecule has 0 radical (unpaired) electrons. The Balaban J connectivity index is 2.11. The summed E-state index contributed by atoms with van der Waals surface area (Å²) in [6, 6.07) is 0.481. The van der Waals surface area contributed by atoms with Gasteiger partial charge in [-0.1, -0.05) is 26.7 Å². The summed E-state index contributed by atoms with van der Waals surface area (Å²) in [5.74, 6) is 0.810. The van der Waals surface area contributed by atoms with Gasteiger partial charge in [0.25, 0.3) is 0 Å². The molecule has 1 saturated heterocycles. The minimum absolute atomic E-state index is 0.0779. The molecule has 0 amide bonds. The molecule has 0 spiro atoms. The first-order chi connectivity index (χ1) is 7.11. The van der Waals surface area contributed by atoms with Crippen LogP contribution in [-0.2, 0) is 4.79 Å². The van der Waals surface area contributed by atoms with Gasteiger partial charge in [-0.3, -0.25) is 4.79 Å². The fourth-order valence-corrected chi connectivity index (χ4v) is 3.13. The standard InChI is InChI=1S/C13H23NO/c1-13(2)8-4-3-6-10(12(13)15)11-7-5-9-14-11/h10-11,14H,3-9H2,1-2H3. The molecular formula is C13H23NO. The zero-order chi connectivity index (χ0) is 10.9. The lowest BCUT2D eigenvalue weighted by Gasteiger charge is -2.28. The van der Waals surface area contributed by atoms with Crippen LogP contribution in [0.5, 0.6) is 0 Å². The Morgan fingerprint density at radius 3 is 2.67 bits per heavy atom. The van der Waals surface area contributed by atoms with Crippen LogP contribution in [0.3, 0.4) is 0 Å². The van der Waals surface area contributed by atoms with E-state index in [2.05, 4.69) is 19.2 Å². The number of hydrogen-bond donors (Lipinski definition) is 1. The van der Waals surface area contributed by atoms with Gasteiger partial charge in [0.05, 0.1) is 0 Å². The minimum atomic E-state index is -0.0779. The van der Waals surface area contributed by atoms with Crippen molar-refractivity contribution in [3.8, 4) is 0 Å². The molecule has 0 bridgehead atoms. The van der Waals surface area contributed by atoms with Crippen molar-refractivity contribution in [3.05, 3.63) is 0 Å². The van der Waals surface area contributed by atoms with Crippen LogP contribution in [0.2, 0.25) is 0 Å². The Morgan fingerprint density at radius 1 is 1.20 bits per heavy atom. The Bertz CT molecular complexity index is 241. The molecule has 1 heterocycles. The summed E-state index contributed by atoms with van der Waals surface area (Å²) in [5, 5.41) is 3.50. The monoisotopic (exact) mass is 209 g/mol. The number of rotatable bonds is 1. The lowest BCUT2D eigenvalue weighted by molar-refractivity contribution is -0.131. The van der Waals surface area contributed by atoms with Crippen LogP contribution in [0.1, 0.15) is 52.4 Å². The number of ketones is 1. The molecule has 2 unspecified atom stereocenters. The molecule has 0 aromatic heterocycles. The fourth-order valence-electron chi connectivity index (χ4n) is 3.13. The highest BCUT2D eigenvalue weighted by Gasteiger charge is 2.39. The maximum absolute atomic E-state index is 12.4. The lowest BCUT2D eigenvalue weighted by Crippen LogP contribution is -2.40. The Labute approximate surface area is 92.8 Å². The van der Waals surface area contributed by atoms with Gasteiger partial charge in [-0.15, -0.1) is 0 Å². The maximum atomic E-state index is 12.4. The molecule has 2 rings (SSSR count). The Kier molecular flexibility index (Phi) is 3.15. The largest absolute Gasteiger partial charge is 0.313 e. The second kappa shape index (κ2) is 4.25. The van der Waals surface area contributed by atoms with Gasteiger partial charge in [0.1, 0.15) is 5.78 Å². The summed E-state index contributed by atoms with van der Waals surface area (Å²) in [5.41, 5.74) is -0.0779. The molecule has 0 aromatic rings. The van der Waals surface area contributed by atoms with Gasteiger partial charge >= 0.3 is 0 Å². The molecule has 1 saturated carbocycles. The predicted octanol–water partition coefficient (Wildman–Crippen LogP) is 2.52. The predicted molar refractivity (Wildman–Crippen MR) is 61.8 cm³/mol. The molecule has 1 aliphatic carbocycles. The number of carbonyl (C=O) groups excluding carboxylic acids is 1. The SMILES string of the molecule is CC1(C)CCCCC(C2CCCN2)C1=O. The zero-order valence-electron chi connectivity index (χ0n) is 10.0. The molecule has 1 aliphatic heterocycles. The van der Waals surface area contributed by atoms with Crippen molar-refractivity contribution in [1.82, 2.24) is 5.32 Å². The van der Waals surface area contributed by atoms with E-state index in [0.717, 1.165) is 19.4 Å². The highest BCUT2D eigenvalue weighted by Crippen LogP contribution is 2.36. The molecule has 2 heteroatoms. The van der Waals surface area contributed by atoms with Gasteiger partial charge in [0, 0.05) is 17.4 Å². The van der Waals surface area contributed by atoms with Crippen molar-refractivity contribution in [2.45, 2.75) is 58.4 Å². The third-order valence-electron chi connectivity index (χ3n) is 4.15. The van der Waals surface area contributed by atoms with Gasteiger partial charge in [-0.05, 0) is 32.2 Å². The highest BCUT2D eigenvalue weighted by molar-refractivity contribution is 5.87. The summed E-state index contributed by atoms with van der Waals surface area (Å²) in [7, 11) is 0. The summed E-state index contributed by atoms with van der Waals surface area (Å²) < 4.78 is 0. The molecule has 2 aliphatic rings. The quantitative estimate of drug-likeness (QED) is 0.672. The van der Waals surface area contributed by atoms with Crippen molar-refractivity contribution >= 4 is 5.78 Å². The van der Waals surface area contributed by atoms with Crippen molar-refractivity contribution in [2.75, 3.05) is 6.54 Å². The maximum Gasteiger partial charge on any atom is 0.143 e. The van der Waals surface area contributed by atoms with E-state index in [1.54, 1.807) is 0 Å². The first-order valence-electron chi connectivity index (χ1n) is 6.39. The van der Waals surface area contributed by atoms with Crippen LogP contribution in [0.4, 0.5) is 0 Å². The number of hydrogen-bond acceptors (Lipinski definition) is 2. The normalized spacial score (nSPS) is 36.5. The van der Waals surface area contributed by atoms with Crippen molar-refractivity contribution in [1.29, 1.82) is 0 Å². The van der Waals surface area contributed by atoms with Gasteiger partial charge in [0.15, 0.2) is 0 Å². The topological polar surface area (TPSA) is 29.1 Å². The van der Waals surface area contributed by atoms with E-state index in [9.17, 15) is 4.79 Å². The molecule has 1 N–H and O–H groups in total. The zero-order valence-corrected chi connectivity index (χ0v) is 10.0.